The molecule has 2 saturated carbocycles. The molecule has 0 heterocycles. The minimum atomic E-state index is 0.229. The van der Waals surface area contributed by atoms with Crippen molar-refractivity contribution < 1.29 is 5.11 Å². The third-order valence-corrected chi connectivity index (χ3v) is 4.38. The zero-order chi connectivity index (χ0) is 10.5. The Morgan fingerprint density at radius 1 is 1.33 bits per heavy atom. The van der Waals surface area contributed by atoms with Crippen LogP contribution in [0.4, 0.5) is 0 Å². The van der Waals surface area contributed by atoms with Crippen LogP contribution in [-0.2, 0) is 5.41 Å². The lowest BCUT2D eigenvalue weighted by atomic mass is 9.88. The third-order valence-electron chi connectivity index (χ3n) is 4.05. The molecule has 80 valence electrons. The van der Waals surface area contributed by atoms with Crippen LogP contribution in [0.25, 0.3) is 0 Å². The summed E-state index contributed by atoms with van der Waals surface area (Å²) in [6.07, 6.45) is 3.74. The van der Waals surface area contributed by atoms with Crippen LogP contribution in [0.1, 0.15) is 24.8 Å². The molecule has 2 unspecified atom stereocenters. The lowest BCUT2D eigenvalue weighted by Gasteiger charge is -2.18. The molecule has 0 amide bonds. The van der Waals surface area contributed by atoms with Gasteiger partial charge in [-0.05, 0) is 42.7 Å². The van der Waals surface area contributed by atoms with Gasteiger partial charge in [0.15, 0.2) is 0 Å². The maximum atomic E-state index is 9.33. The largest absolute Gasteiger partial charge is 0.396 e. The van der Waals surface area contributed by atoms with Gasteiger partial charge in [-0.3, -0.25) is 0 Å². The fourth-order valence-electron chi connectivity index (χ4n) is 3.06. The van der Waals surface area contributed by atoms with Crippen molar-refractivity contribution in [3.05, 3.63) is 34.9 Å². The number of rotatable bonds is 3. The molecule has 0 saturated heterocycles. The molecule has 2 fully saturated rings. The molecule has 3 rings (SSSR count). The Hall–Kier alpha value is -0.530. The standard InChI is InChI=1S/C13H15ClO/c14-12-4-2-1-3-11(12)13(9-5-6-9)7-10(13)8-15/h1-4,9-10,15H,5-8H2. The van der Waals surface area contributed by atoms with Crippen molar-refractivity contribution >= 4 is 11.6 Å². The number of halogens is 1. The van der Waals surface area contributed by atoms with Gasteiger partial charge < -0.3 is 5.11 Å². The summed E-state index contributed by atoms with van der Waals surface area (Å²) in [5, 5.41) is 10.2. The lowest BCUT2D eigenvalue weighted by molar-refractivity contribution is 0.259. The molecule has 0 aliphatic heterocycles. The molecule has 1 aromatic carbocycles. The molecule has 2 heteroatoms. The van der Waals surface area contributed by atoms with Crippen LogP contribution in [-0.4, -0.2) is 11.7 Å². The van der Waals surface area contributed by atoms with Crippen LogP contribution < -0.4 is 0 Å². The van der Waals surface area contributed by atoms with Gasteiger partial charge in [-0.15, -0.1) is 0 Å². The van der Waals surface area contributed by atoms with Crippen LogP contribution >= 0.6 is 11.6 Å². The third kappa shape index (κ3) is 1.33. The van der Waals surface area contributed by atoms with E-state index in [4.69, 9.17) is 11.6 Å². The van der Waals surface area contributed by atoms with E-state index in [9.17, 15) is 5.11 Å². The molecule has 1 N–H and O–H groups in total. The first-order valence-electron chi connectivity index (χ1n) is 5.65. The number of aliphatic hydroxyl groups excluding tert-OH is 1. The number of hydrogen-bond donors (Lipinski definition) is 1. The summed E-state index contributed by atoms with van der Waals surface area (Å²) in [5.74, 6) is 1.22. The Morgan fingerprint density at radius 2 is 2.07 bits per heavy atom. The van der Waals surface area contributed by atoms with Crippen molar-refractivity contribution in [3.8, 4) is 0 Å². The van der Waals surface area contributed by atoms with E-state index in [0.29, 0.717) is 12.5 Å². The molecule has 1 aromatic rings. The summed E-state index contributed by atoms with van der Waals surface area (Å²) in [5.41, 5.74) is 1.50. The van der Waals surface area contributed by atoms with E-state index in [1.807, 2.05) is 12.1 Å². The van der Waals surface area contributed by atoms with E-state index < -0.39 is 0 Å². The maximum absolute atomic E-state index is 9.33. The van der Waals surface area contributed by atoms with Gasteiger partial charge in [0, 0.05) is 17.0 Å². The van der Waals surface area contributed by atoms with E-state index in [0.717, 1.165) is 17.4 Å². The Kier molecular flexibility index (Phi) is 2.08. The molecule has 15 heavy (non-hydrogen) atoms. The van der Waals surface area contributed by atoms with Crippen molar-refractivity contribution in [1.29, 1.82) is 0 Å². The molecule has 2 aliphatic carbocycles. The van der Waals surface area contributed by atoms with Gasteiger partial charge in [-0.25, -0.2) is 0 Å². The molecule has 1 nitrogen and oxygen atoms in total. The summed E-state index contributed by atoms with van der Waals surface area (Å²) in [6, 6.07) is 8.13. The monoisotopic (exact) mass is 222 g/mol. The molecular weight excluding hydrogens is 208 g/mol. The molecular formula is C13H15ClO. The van der Waals surface area contributed by atoms with E-state index in [2.05, 4.69) is 12.1 Å². The van der Waals surface area contributed by atoms with Crippen LogP contribution in [0.5, 0.6) is 0 Å². The zero-order valence-electron chi connectivity index (χ0n) is 8.62. The second-order valence-corrected chi connectivity index (χ2v) is 5.29. The summed E-state index contributed by atoms with van der Waals surface area (Å²) in [7, 11) is 0. The van der Waals surface area contributed by atoms with E-state index in [-0.39, 0.29) is 5.41 Å². The van der Waals surface area contributed by atoms with Crippen molar-refractivity contribution in [2.24, 2.45) is 11.8 Å². The fourth-order valence-corrected chi connectivity index (χ4v) is 3.37. The number of benzene rings is 1. The summed E-state index contributed by atoms with van der Waals surface area (Å²) < 4.78 is 0. The Labute approximate surface area is 95.1 Å². The van der Waals surface area contributed by atoms with Crippen molar-refractivity contribution in [2.45, 2.75) is 24.7 Å². The summed E-state index contributed by atoms with van der Waals surface area (Å²) in [6.45, 7) is 0.307. The molecule has 0 bridgehead atoms. The fraction of sp³-hybridized carbons (Fsp3) is 0.538. The number of aliphatic hydroxyl groups is 1. The molecule has 0 aromatic heterocycles. The minimum absolute atomic E-state index is 0.229. The first kappa shape index (κ1) is 9.68. The second kappa shape index (κ2) is 3.23. The minimum Gasteiger partial charge on any atom is -0.396 e. The average molecular weight is 223 g/mol. The van der Waals surface area contributed by atoms with Gasteiger partial charge >= 0.3 is 0 Å². The van der Waals surface area contributed by atoms with Crippen LogP contribution in [0.3, 0.4) is 0 Å². The first-order valence-corrected chi connectivity index (χ1v) is 6.02. The molecule has 2 atom stereocenters. The Balaban J connectivity index is 2.01. The van der Waals surface area contributed by atoms with Gasteiger partial charge in [-0.1, -0.05) is 29.8 Å². The predicted octanol–water partition coefficient (Wildman–Crippen LogP) is 3.00. The van der Waals surface area contributed by atoms with Gasteiger partial charge in [0.1, 0.15) is 0 Å². The van der Waals surface area contributed by atoms with Crippen molar-refractivity contribution in [2.75, 3.05) is 6.61 Å². The van der Waals surface area contributed by atoms with Gasteiger partial charge in [0.05, 0.1) is 0 Å². The highest BCUT2D eigenvalue weighted by Gasteiger charge is 2.62. The van der Waals surface area contributed by atoms with Crippen LogP contribution in [0.15, 0.2) is 24.3 Å². The SMILES string of the molecule is OCC1CC1(c1ccccc1Cl)C1CC1. The Morgan fingerprint density at radius 3 is 2.60 bits per heavy atom. The average Bonchev–Trinajstić information content (AvgIpc) is 3.12. The highest BCUT2D eigenvalue weighted by Crippen LogP contribution is 2.66. The number of hydrogen-bond acceptors (Lipinski definition) is 1. The van der Waals surface area contributed by atoms with E-state index in [1.54, 1.807) is 0 Å². The smallest absolute Gasteiger partial charge is 0.0468 e. The van der Waals surface area contributed by atoms with E-state index in [1.165, 1.54) is 18.4 Å². The highest BCUT2D eigenvalue weighted by molar-refractivity contribution is 6.31. The van der Waals surface area contributed by atoms with Crippen molar-refractivity contribution in [3.63, 3.8) is 0 Å². The summed E-state index contributed by atoms with van der Waals surface area (Å²) in [4.78, 5) is 0. The van der Waals surface area contributed by atoms with E-state index >= 15 is 0 Å². The quantitative estimate of drug-likeness (QED) is 0.834. The summed E-state index contributed by atoms with van der Waals surface area (Å²) >= 11 is 6.26. The first-order chi connectivity index (χ1) is 7.29. The van der Waals surface area contributed by atoms with Gasteiger partial charge in [0.2, 0.25) is 0 Å². The van der Waals surface area contributed by atoms with Crippen molar-refractivity contribution in [1.82, 2.24) is 0 Å². The van der Waals surface area contributed by atoms with Gasteiger partial charge in [0.25, 0.3) is 0 Å². The van der Waals surface area contributed by atoms with Crippen LogP contribution in [0.2, 0.25) is 5.02 Å². The predicted molar refractivity (Wildman–Crippen MR) is 61.0 cm³/mol. The Bertz CT molecular complexity index is 386. The van der Waals surface area contributed by atoms with Gasteiger partial charge in [-0.2, -0.15) is 0 Å². The normalized spacial score (nSPS) is 34.1. The lowest BCUT2D eigenvalue weighted by Crippen LogP contribution is -2.15. The highest BCUT2D eigenvalue weighted by atomic mass is 35.5. The molecule has 0 radical (unpaired) electrons. The maximum Gasteiger partial charge on any atom is 0.0468 e. The second-order valence-electron chi connectivity index (χ2n) is 4.88. The molecule has 0 spiro atoms. The molecule has 2 aliphatic rings. The zero-order valence-corrected chi connectivity index (χ0v) is 9.37. The van der Waals surface area contributed by atoms with Crippen LogP contribution in [0, 0.1) is 11.8 Å². The topological polar surface area (TPSA) is 20.2 Å².